The topological polar surface area (TPSA) is 50.9 Å². The van der Waals surface area contributed by atoms with Gasteiger partial charge in [0.05, 0.1) is 22.3 Å². The molecule has 10 aromatic rings. The van der Waals surface area contributed by atoms with E-state index in [1.807, 2.05) is 60.8 Å². The molecule has 332 valence electrons. The number of pyridine rings is 1. The fourth-order valence-electron chi connectivity index (χ4n) is 8.91. The summed E-state index contributed by atoms with van der Waals surface area (Å²) >= 11 is 0. The van der Waals surface area contributed by atoms with E-state index in [4.69, 9.17) is 9.97 Å². The van der Waals surface area contributed by atoms with E-state index in [0.717, 1.165) is 72.5 Å². The third-order valence-corrected chi connectivity index (χ3v) is 12.6. The Bertz CT molecular complexity index is 3380. The Balaban J connectivity index is 0.00000562. The summed E-state index contributed by atoms with van der Waals surface area (Å²) < 4.78 is 2.24. The summed E-state index contributed by atoms with van der Waals surface area (Å²) in [5.41, 5.74) is 17.5. The maximum atomic E-state index is 12.3. The molecule has 8 aromatic carbocycles. The molecule has 0 aliphatic carbocycles. The standard InChI is InChI=1S/C62H52N3O.Pt/c1-61(2,3)49-31-32-56(54(40-49)43-23-14-9-15-24-43)65-57-30-18-27-51(58(57)64-60(65)53-29-17-28-52(59(53)66)42-21-12-8-13-22-42)47-36-48(38-50(37-47)62(4,5)6)55-39-46(33-34-63-55)45-26-16-25-44(35-45)41-19-10-7-11-20-41;/h7-35,37-40,66H,1-6H3;/q-1;. The van der Waals surface area contributed by atoms with Crippen LogP contribution in [0.1, 0.15) is 52.7 Å². The maximum absolute atomic E-state index is 12.3. The first-order valence-corrected chi connectivity index (χ1v) is 22.7. The zero-order chi connectivity index (χ0) is 45.6. The van der Waals surface area contributed by atoms with E-state index in [-0.39, 0.29) is 37.6 Å². The summed E-state index contributed by atoms with van der Waals surface area (Å²) in [5.74, 6) is 0.825. The van der Waals surface area contributed by atoms with E-state index in [9.17, 15) is 5.11 Å². The molecular formula is C62H52N3OPt-. The molecule has 10 rings (SSSR count). The summed E-state index contributed by atoms with van der Waals surface area (Å²) in [4.78, 5) is 10.5. The number of nitrogens with zero attached hydrogens (tertiary/aromatic N) is 3. The summed E-state index contributed by atoms with van der Waals surface area (Å²) in [6, 6.07) is 71.5. The van der Waals surface area contributed by atoms with Crippen LogP contribution in [-0.4, -0.2) is 19.6 Å². The molecule has 0 bridgehead atoms. The Labute approximate surface area is 409 Å². The van der Waals surface area contributed by atoms with Gasteiger partial charge in [-0.15, -0.1) is 29.3 Å². The van der Waals surface area contributed by atoms with Crippen LogP contribution in [0.15, 0.2) is 200 Å². The van der Waals surface area contributed by atoms with E-state index in [1.165, 1.54) is 22.3 Å². The number of hydrogen-bond acceptors (Lipinski definition) is 3. The van der Waals surface area contributed by atoms with Gasteiger partial charge in [-0.3, -0.25) is 9.55 Å². The van der Waals surface area contributed by atoms with Crippen molar-refractivity contribution in [1.29, 1.82) is 0 Å². The largest absolute Gasteiger partial charge is 0.507 e. The molecule has 0 amide bonds. The molecule has 0 fully saturated rings. The maximum Gasteiger partial charge on any atom is 0.148 e. The van der Waals surface area contributed by atoms with Crippen LogP contribution >= 0.6 is 0 Å². The molecular weight excluding hydrogens is 998 g/mol. The molecule has 2 aromatic heterocycles. The Kier molecular flexibility index (Phi) is 12.3. The fraction of sp³-hybridized carbons (Fsp3) is 0.129. The van der Waals surface area contributed by atoms with Crippen LogP contribution in [0.5, 0.6) is 5.75 Å². The summed E-state index contributed by atoms with van der Waals surface area (Å²) in [5, 5.41) is 12.3. The Morgan fingerprint density at radius 1 is 0.448 bits per heavy atom. The van der Waals surface area contributed by atoms with Gasteiger partial charge in [0, 0.05) is 44.1 Å². The van der Waals surface area contributed by atoms with E-state index >= 15 is 0 Å². The monoisotopic (exact) mass is 1050 g/mol. The zero-order valence-electron chi connectivity index (χ0n) is 38.7. The molecule has 0 aliphatic rings. The summed E-state index contributed by atoms with van der Waals surface area (Å²) in [6.07, 6.45) is 1.90. The van der Waals surface area contributed by atoms with Crippen molar-refractivity contribution in [2.24, 2.45) is 0 Å². The van der Waals surface area contributed by atoms with E-state index < -0.39 is 0 Å². The zero-order valence-corrected chi connectivity index (χ0v) is 40.9. The molecule has 0 spiro atoms. The van der Waals surface area contributed by atoms with Crippen molar-refractivity contribution in [3.05, 3.63) is 218 Å². The molecule has 5 heteroatoms. The van der Waals surface area contributed by atoms with Crippen LogP contribution in [0.4, 0.5) is 0 Å². The molecule has 0 saturated heterocycles. The van der Waals surface area contributed by atoms with E-state index in [0.29, 0.717) is 11.4 Å². The molecule has 1 N–H and O–H groups in total. The molecule has 4 nitrogen and oxygen atoms in total. The Morgan fingerprint density at radius 3 is 1.66 bits per heavy atom. The fourth-order valence-corrected chi connectivity index (χ4v) is 8.91. The SMILES string of the molecule is CC(C)(C)c1cc(-c2cc(-c3cccc(-c4ccccc4)c3)ccn2)[c-]c(-c2cccc3c2nc(-c2cccc(-c4ccccc4)c2O)n3-c2ccc(C(C)(C)C)cc2-c2ccccc2)c1.[Pt]. The number of benzene rings is 8. The van der Waals surface area contributed by atoms with Gasteiger partial charge in [-0.1, -0.05) is 198 Å². The number of fused-ring (bicyclic) bond motifs is 1. The smallest absolute Gasteiger partial charge is 0.148 e. The first-order valence-electron chi connectivity index (χ1n) is 22.7. The number of aromatic hydroxyl groups is 1. The number of para-hydroxylation sites is 2. The minimum absolute atomic E-state index is 0. The second-order valence-corrected chi connectivity index (χ2v) is 19.2. The van der Waals surface area contributed by atoms with Gasteiger partial charge in [0.1, 0.15) is 11.6 Å². The van der Waals surface area contributed by atoms with Gasteiger partial charge in [-0.25, -0.2) is 4.98 Å². The predicted octanol–water partition coefficient (Wildman–Crippen LogP) is 16.2. The Hall–Kier alpha value is -7.13. The number of phenols is 1. The van der Waals surface area contributed by atoms with Crippen molar-refractivity contribution in [3.8, 4) is 89.7 Å². The first-order chi connectivity index (χ1) is 31.9. The van der Waals surface area contributed by atoms with Crippen molar-refractivity contribution in [2.45, 2.75) is 52.4 Å². The first kappa shape index (κ1) is 45.0. The quantitative estimate of drug-likeness (QED) is 0.154. The van der Waals surface area contributed by atoms with Crippen LogP contribution < -0.4 is 0 Å². The molecule has 0 unspecified atom stereocenters. The third-order valence-electron chi connectivity index (χ3n) is 12.6. The van der Waals surface area contributed by atoms with Crippen LogP contribution in [0.3, 0.4) is 0 Å². The third kappa shape index (κ3) is 8.95. The van der Waals surface area contributed by atoms with Crippen LogP contribution in [0.2, 0.25) is 0 Å². The average Bonchev–Trinajstić information content (AvgIpc) is 3.73. The molecule has 0 radical (unpaired) electrons. The van der Waals surface area contributed by atoms with E-state index in [2.05, 4.69) is 192 Å². The van der Waals surface area contributed by atoms with Gasteiger partial charge in [0.25, 0.3) is 0 Å². The number of phenolic OH excluding ortho intramolecular Hbond substituents is 1. The number of aromatic nitrogens is 3. The van der Waals surface area contributed by atoms with Gasteiger partial charge in [0.15, 0.2) is 0 Å². The average molecular weight is 1050 g/mol. The van der Waals surface area contributed by atoms with Crippen molar-refractivity contribution < 1.29 is 26.2 Å². The van der Waals surface area contributed by atoms with Gasteiger partial charge in [-0.2, -0.15) is 0 Å². The Morgan fingerprint density at radius 2 is 0.985 bits per heavy atom. The predicted molar refractivity (Wildman–Crippen MR) is 275 cm³/mol. The number of hydrogen-bond donors (Lipinski definition) is 1. The molecule has 0 saturated carbocycles. The second-order valence-electron chi connectivity index (χ2n) is 19.2. The molecule has 0 atom stereocenters. The van der Waals surface area contributed by atoms with Gasteiger partial charge < -0.3 is 5.11 Å². The van der Waals surface area contributed by atoms with Gasteiger partial charge in [-0.05, 0) is 86.2 Å². The van der Waals surface area contributed by atoms with E-state index in [1.54, 1.807) is 0 Å². The summed E-state index contributed by atoms with van der Waals surface area (Å²) in [6.45, 7) is 13.5. The van der Waals surface area contributed by atoms with Gasteiger partial charge >= 0.3 is 0 Å². The van der Waals surface area contributed by atoms with Crippen molar-refractivity contribution in [1.82, 2.24) is 14.5 Å². The van der Waals surface area contributed by atoms with Crippen molar-refractivity contribution >= 4 is 11.0 Å². The molecule has 0 aliphatic heterocycles. The van der Waals surface area contributed by atoms with Crippen LogP contribution in [0.25, 0.3) is 95.0 Å². The molecule has 67 heavy (non-hydrogen) atoms. The summed E-state index contributed by atoms with van der Waals surface area (Å²) in [7, 11) is 0. The minimum atomic E-state index is -0.179. The van der Waals surface area contributed by atoms with Crippen molar-refractivity contribution in [2.75, 3.05) is 0 Å². The number of imidazole rings is 1. The normalized spacial score (nSPS) is 11.7. The van der Waals surface area contributed by atoms with Gasteiger partial charge in [0.2, 0.25) is 0 Å². The molecule has 2 heterocycles. The van der Waals surface area contributed by atoms with Crippen molar-refractivity contribution in [3.63, 3.8) is 0 Å². The van der Waals surface area contributed by atoms with Crippen LogP contribution in [0, 0.1) is 6.07 Å². The minimum Gasteiger partial charge on any atom is -0.507 e. The van der Waals surface area contributed by atoms with Crippen LogP contribution in [-0.2, 0) is 31.9 Å². The number of rotatable bonds is 8. The second kappa shape index (κ2) is 18.3.